The van der Waals surface area contributed by atoms with Gasteiger partial charge in [-0.25, -0.2) is 0 Å². The zero-order valence-electron chi connectivity index (χ0n) is 14.1. The van der Waals surface area contributed by atoms with E-state index in [-0.39, 0.29) is 6.10 Å². The van der Waals surface area contributed by atoms with Gasteiger partial charge in [0.05, 0.1) is 6.10 Å². The largest absolute Gasteiger partial charge is 0.490 e. The number of rotatable bonds is 9. The summed E-state index contributed by atoms with van der Waals surface area (Å²) in [6.07, 6.45) is 2.49. The molecule has 0 aliphatic carbocycles. The van der Waals surface area contributed by atoms with E-state index in [0.29, 0.717) is 5.92 Å². The lowest BCUT2D eigenvalue weighted by molar-refractivity contribution is 0.204. The molecule has 1 N–H and O–H groups in total. The highest BCUT2D eigenvalue weighted by atomic mass is 79.9. The van der Waals surface area contributed by atoms with E-state index in [2.05, 4.69) is 74.1 Å². The lowest BCUT2D eigenvalue weighted by atomic mass is 10.0. The van der Waals surface area contributed by atoms with Crippen LogP contribution in [0, 0.1) is 5.92 Å². The van der Waals surface area contributed by atoms with Crippen molar-refractivity contribution >= 4 is 15.9 Å². The molecule has 1 unspecified atom stereocenters. The van der Waals surface area contributed by atoms with Crippen LogP contribution in [0.4, 0.5) is 0 Å². The minimum atomic E-state index is 0.254. The Balaban J connectivity index is 2.42. The summed E-state index contributed by atoms with van der Waals surface area (Å²) in [5.41, 5.74) is 1.27. The Kier molecular flexibility index (Phi) is 8.35. The van der Waals surface area contributed by atoms with Crippen molar-refractivity contribution in [3.05, 3.63) is 28.2 Å². The van der Waals surface area contributed by atoms with E-state index in [1.54, 1.807) is 0 Å². The Bertz CT molecular complexity index is 418. The van der Waals surface area contributed by atoms with E-state index in [1.807, 2.05) is 0 Å². The molecule has 0 fully saturated rings. The predicted octanol–water partition coefficient (Wildman–Crippen LogP) is 5.37. The molecule has 21 heavy (non-hydrogen) atoms. The Morgan fingerprint density at radius 3 is 2.48 bits per heavy atom. The highest BCUT2D eigenvalue weighted by molar-refractivity contribution is 9.10. The number of ether oxygens (including phenoxy) is 1. The first-order valence-electron chi connectivity index (χ1n) is 8.07. The van der Waals surface area contributed by atoms with Crippen molar-refractivity contribution in [1.29, 1.82) is 0 Å². The molecule has 0 bridgehead atoms. The number of benzene rings is 1. The Hall–Kier alpha value is -0.540. The molecule has 1 atom stereocenters. The highest BCUT2D eigenvalue weighted by Crippen LogP contribution is 2.30. The summed E-state index contributed by atoms with van der Waals surface area (Å²) in [5, 5.41) is 3.48. The molecule has 0 amide bonds. The van der Waals surface area contributed by atoms with Gasteiger partial charge in [0.2, 0.25) is 0 Å². The summed E-state index contributed by atoms with van der Waals surface area (Å²) < 4.78 is 7.26. The van der Waals surface area contributed by atoms with Crippen LogP contribution in [0.2, 0.25) is 0 Å². The van der Waals surface area contributed by atoms with Crippen LogP contribution < -0.4 is 10.1 Å². The second kappa shape index (κ2) is 9.47. The van der Waals surface area contributed by atoms with Crippen LogP contribution in [0.15, 0.2) is 22.7 Å². The van der Waals surface area contributed by atoms with Crippen LogP contribution in [0.5, 0.6) is 5.75 Å². The average molecular weight is 356 g/mol. The molecule has 1 rings (SSSR count). The second-order valence-corrected chi connectivity index (χ2v) is 7.42. The minimum Gasteiger partial charge on any atom is -0.490 e. The normalized spacial score (nSPS) is 13.0. The number of hydrogen-bond donors (Lipinski definition) is 1. The van der Waals surface area contributed by atoms with E-state index >= 15 is 0 Å². The van der Waals surface area contributed by atoms with Crippen molar-refractivity contribution in [2.45, 2.75) is 59.5 Å². The standard InChI is InChI=1S/C18H30BrNO/c1-13(2)12-20-10-6-7-15(5)21-18-9-8-16(19)11-17(18)14(3)4/h8-9,11,13-15,20H,6-7,10,12H2,1-5H3. The third-order valence-corrected chi connectivity index (χ3v) is 3.93. The average Bonchev–Trinajstić information content (AvgIpc) is 2.39. The van der Waals surface area contributed by atoms with E-state index in [4.69, 9.17) is 4.74 Å². The van der Waals surface area contributed by atoms with Crippen LogP contribution >= 0.6 is 15.9 Å². The van der Waals surface area contributed by atoms with Crippen molar-refractivity contribution in [3.8, 4) is 5.75 Å². The molecule has 0 saturated carbocycles. The maximum atomic E-state index is 6.14. The summed E-state index contributed by atoms with van der Waals surface area (Å²) in [6, 6.07) is 6.29. The summed E-state index contributed by atoms with van der Waals surface area (Å²) >= 11 is 3.54. The first-order valence-corrected chi connectivity index (χ1v) is 8.86. The first kappa shape index (κ1) is 18.5. The van der Waals surface area contributed by atoms with Gasteiger partial charge in [0.15, 0.2) is 0 Å². The second-order valence-electron chi connectivity index (χ2n) is 6.51. The van der Waals surface area contributed by atoms with Crippen LogP contribution in [0.25, 0.3) is 0 Å². The monoisotopic (exact) mass is 355 g/mol. The number of halogens is 1. The molecular weight excluding hydrogens is 326 g/mol. The van der Waals surface area contributed by atoms with Crippen molar-refractivity contribution < 1.29 is 4.74 Å². The SMILES string of the molecule is CC(C)CNCCCC(C)Oc1ccc(Br)cc1C(C)C. The first-order chi connectivity index (χ1) is 9.90. The van der Waals surface area contributed by atoms with E-state index in [9.17, 15) is 0 Å². The molecule has 0 aromatic heterocycles. The maximum absolute atomic E-state index is 6.14. The van der Waals surface area contributed by atoms with E-state index in [0.717, 1.165) is 42.1 Å². The van der Waals surface area contributed by atoms with Crippen molar-refractivity contribution in [3.63, 3.8) is 0 Å². The van der Waals surface area contributed by atoms with Gasteiger partial charge < -0.3 is 10.1 Å². The quantitative estimate of drug-likeness (QED) is 0.601. The molecule has 3 heteroatoms. The van der Waals surface area contributed by atoms with E-state index in [1.165, 1.54) is 5.56 Å². The predicted molar refractivity (Wildman–Crippen MR) is 95.3 cm³/mol. The molecule has 120 valence electrons. The van der Waals surface area contributed by atoms with Gasteiger partial charge >= 0.3 is 0 Å². The molecule has 0 aliphatic heterocycles. The van der Waals surface area contributed by atoms with E-state index < -0.39 is 0 Å². The summed E-state index contributed by atoms with van der Waals surface area (Å²) in [6.45, 7) is 13.2. The summed E-state index contributed by atoms with van der Waals surface area (Å²) in [7, 11) is 0. The third-order valence-electron chi connectivity index (χ3n) is 3.44. The van der Waals surface area contributed by atoms with Gasteiger partial charge in [-0.1, -0.05) is 43.6 Å². The number of nitrogens with one attached hydrogen (secondary N) is 1. The minimum absolute atomic E-state index is 0.254. The van der Waals surface area contributed by atoms with Crippen LogP contribution in [-0.4, -0.2) is 19.2 Å². The Labute approximate surface area is 138 Å². The van der Waals surface area contributed by atoms with Gasteiger partial charge in [-0.15, -0.1) is 0 Å². The van der Waals surface area contributed by atoms with Gasteiger partial charge in [-0.05, 0) is 68.5 Å². The van der Waals surface area contributed by atoms with Crippen molar-refractivity contribution in [2.24, 2.45) is 5.92 Å². The molecule has 0 saturated heterocycles. The maximum Gasteiger partial charge on any atom is 0.123 e. The van der Waals surface area contributed by atoms with Gasteiger partial charge in [0, 0.05) is 4.47 Å². The fraction of sp³-hybridized carbons (Fsp3) is 0.667. The van der Waals surface area contributed by atoms with Gasteiger partial charge in [0.25, 0.3) is 0 Å². The zero-order valence-corrected chi connectivity index (χ0v) is 15.7. The number of hydrogen-bond acceptors (Lipinski definition) is 2. The van der Waals surface area contributed by atoms with Crippen LogP contribution in [-0.2, 0) is 0 Å². The summed E-state index contributed by atoms with van der Waals surface area (Å²) in [5.74, 6) is 2.21. The van der Waals surface area contributed by atoms with Crippen LogP contribution in [0.3, 0.4) is 0 Å². The van der Waals surface area contributed by atoms with Crippen molar-refractivity contribution in [1.82, 2.24) is 5.32 Å². The Morgan fingerprint density at radius 1 is 1.14 bits per heavy atom. The fourth-order valence-corrected chi connectivity index (χ4v) is 2.64. The molecular formula is C18H30BrNO. The zero-order chi connectivity index (χ0) is 15.8. The molecule has 2 nitrogen and oxygen atoms in total. The summed E-state index contributed by atoms with van der Waals surface area (Å²) in [4.78, 5) is 0. The van der Waals surface area contributed by atoms with Gasteiger partial charge in [-0.2, -0.15) is 0 Å². The highest BCUT2D eigenvalue weighted by Gasteiger charge is 2.11. The molecule has 1 aromatic rings. The lowest BCUT2D eigenvalue weighted by Crippen LogP contribution is -2.22. The molecule has 0 radical (unpaired) electrons. The molecule has 0 heterocycles. The smallest absolute Gasteiger partial charge is 0.123 e. The Morgan fingerprint density at radius 2 is 1.86 bits per heavy atom. The lowest BCUT2D eigenvalue weighted by Gasteiger charge is -2.19. The molecule has 0 aliphatic rings. The molecule has 0 spiro atoms. The van der Waals surface area contributed by atoms with Gasteiger partial charge in [-0.3, -0.25) is 0 Å². The third kappa shape index (κ3) is 7.32. The fourth-order valence-electron chi connectivity index (χ4n) is 2.26. The van der Waals surface area contributed by atoms with Crippen LogP contribution in [0.1, 0.15) is 58.9 Å². The molecule has 1 aromatic carbocycles. The van der Waals surface area contributed by atoms with Crippen molar-refractivity contribution in [2.75, 3.05) is 13.1 Å². The van der Waals surface area contributed by atoms with Gasteiger partial charge in [0.1, 0.15) is 5.75 Å². The topological polar surface area (TPSA) is 21.3 Å².